The first-order valence-corrected chi connectivity index (χ1v) is 6.45. The molecule has 1 aliphatic heterocycles. The van der Waals surface area contributed by atoms with Crippen molar-refractivity contribution in [3.05, 3.63) is 28.8 Å². The lowest BCUT2D eigenvalue weighted by atomic mass is 9.65. The van der Waals surface area contributed by atoms with Crippen LogP contribution in [0.4, 0.5) is 0 Å². The van der Waals surface area contributed by atoms with Crippen LogP contribution < -0.4 is 10.1 Å². The van der Waals surface area contributed by atoms with E-state index in [0.717, 1.165) is 0 Å². The molecule has 1 heterocycles. The van der Waals surface area contributed by atoms with Gasteiger partial charge in [-0.15, -0.1) is 0 Å². The van der Waals surface area contributed by atoms with Crippen molar-refractivity contribution in [1.29, 1.82) is 0 Å². The smallest absolute Gasteiger partial charge is 0.137 e. The third-order valence-electron chi connectivity index (χ3n) is 4.22. The highest BCUT2D eigenvalue weighted by Gasteiger charge is 2.51. The number of benzene rings is 1. The zero-order valence-corrected chi connectivity index (χ0v) is 12.1. The average Bonchev–Trinajstić information content (AvgIpc) is 2.27. The van der Waals surface area contributed by atoms with E-state index < -0.39 is 0 Å². The minimum atomic E-state index is -0.0524. The molecule has 1 saturated heterocycles. The Morgan fingerprint density at radius 2 is 2.06 bits per heavy atom. The summed E-state index contributed by atoms with van der Waals surface area (Å²) >= 11 is 6.22. The summed E-state index contributed by atoms with van der Waals surface area (Å²) in [4.78, 5) is 0. The molecule has 0 saturated carbocycles. The zero-order chi connectivity index (χ0) is 13.4. The van der Waals surface area contributed by atoms with Gasteiger partial charge in [-0.3, -0.25) is 0 Å². The number of methoxy groups -OCH3 is 1. The van der Waals surface area contributed by atoms with Crippen LogP contribution in [0, 0.1) is 0 Å². The normalized spacial score (nSPS) is 18.3. The zero-order valence-electron chi connectivity index (χ0n) is 11.3. The number of hydrogen-bond acceptors (Lipinski definition) is 3. The summed E-state index contributed by atoms with van der Waals surface area (Å²) in [6.45, 7) is 5.80. The minimum Gasteiger partial charge on any atom is -0.495 e. The number of ether oxygens (including phenoxy) is 2. The summed E-state index contributed by atoms with van der Waals surface area (Å²) in [6, 6.07) is 5.98. The Kier molecular flexibility index (Phi) is 3.58. The average molecular weight is 270 g/mol. The third-order valence-corrected chi connectivity index (χ3v) is 4.52. The summed E-state index contributed by atoms with van der Waals surface area (Å²) in [5.41, 5.74) is 1.11. The Morgan fingerprint density at radius 1 is 1.39 bits per heavy atom. The van der Waals surface area contributed by atoms with Crippen LogP contribution in [-0.4, -0.2) is 32.9 Å². The van der Waals surface area contributed by atoms with Gasteiger partial charge in [0.05, 0.1) is 30.8 Å². The Labute approximate surface area is 113 Å². The van der Waals surface area contributed by atoms with Crippen molar-refractivity contribution >= 4 is 11.6 Å². The molecule has 0 aromatic heterocycles. The van der Waals surface area contributed by atoms with Crippen LogP contribution in [0.15, 0.2) is 18.2 Å². The summed E-state index contributed by atoms with van der Waals surface area (Å²) in [5, 5.41) is 4.02. The standard InChI is InChI=1S/C14H20ClNO2/c1-13(2,16-3)14(8-18-9-14)10-5-6-12(17-4)11(15)7-10/h5-7,16H,8-9H2,1-4H3. The van der Waals surface area contributed by atoms with E-state index in [9.17, 15) is 0 Å². The maximum Gasteiger partial charge on any atom is 0.137 e. The Hall–Kier alpha value is -0.770. The Morgan fingerprint density at radius 3 is 2.44 bits per heavy atom. The fourth-order valence-corrected chi connectivity index (χ4v) is 2.66. The van der Waals surface area contributed by atoms with Crippen LogP contribution in [0.2, 0.25) is 5.02 Å². The van der Waals surface area contributed by atoms with Gasteiger partial charge >= 0.3 is 0 Å². The number of rotatable bonds is 4. The van der Waals surface area contributed by atoms with E-state index in [4.69, 9.17) is 21.1 Å². The fourth-order valence-electron chi connectivity index (χ4n) is 2.40. The van der Waals surface area contributed by atoms with Crippen LogP contribution >= 0.6 is 11.6 Å². The van der Waals surface area contributed by atoms with E-state index in [1.807, 2.05) is 19.2 Å². The van der Waals surface area contributed by atoms with Crippen LogP contribution in [0.1, 0.15) is 19.4 Å². The van der Waals surface area contributed by atoms with Gasteiger partial charge in [-0.25, -0.2) is 0 Å². The Bertz CT molecular complexity index is 441. The maximum atomic E-state index is 6.22. The molecule has 3 nitrogen and oxygen atoms in total. The van der Waals surface area contributed by atoms with Gasteiger partial charge in [0.2, 0.25) is 0 Å². The van der Waals surface area contributed by atoms with Crippen molar-refractivity contribution in [2.75, 3.05) is 27.4 Å². The molecule has 1 aromatic rings. The van der Waals surface area contributed by atoms with Crippen molar-refractivity contribution in [1.82, 2.24) is 5.32 Å². The van der Waals surface area contributed by atoms with Crippen LogP contribution in [0.5, 0.6) is 5.75 Å². The molecule has 0 unspecified atom stereocenters. The quantitative estimate of drug-likeness (QED) is 0.912. The first-order valence-electron chi connectivity index (χ1n) is 6.07. The first kappa shape index (κ1) is 13.7. The van der Waals surface area contributed by atoms with Crippen LogP contribution in [-0.2, 0) is 10.2 Å². The summed E-state index contributed by atoms with van der Waals surface area (Å²) in [5.74, 6) is 0.707. The molecule has 18 heavy (non-hydrogen) atoms. The van der Waals surface area contributed by atoms with Crippen LogP contribution in [0.3, 0.4) is 0 Å². The highest BCUT2D eigenvalue weighted by atomic mass is 35.5. The molecule has 1 N–H and O–H groups in total. The molecule has 2 rings (SSSR count). The van der Waals surface area contributed by atoms with Gasteiger partial charge in [0, 0.05) is 5.54 Å². The van der Waals surface area contributed by atoms with E-state index in [1.165, 1.54) is 5.56 Å². The molecule has 1 fully saturated rings. The number of likely N-dealkylation sites (N-methyl/N-ethyl adjacent to an activating group) is 1. The highest BCUT2D eigenvalue weighted by Crippen LogP contribution is 2.43. The van der Waals surface area contributed by atoms with Crippen molar-refractivity contribution < 1.29 is 9.47 Å². The molecule has 0 spiro atoms. The second-order valence-corrected chi connectivity index (χ2v) is 5.71. The largest absolute Gasteiger partial charge is 0.495 e. The predicted molar refractivity (Wildman–Crippen MR) is 73.6 cm³/mol. The molecule has 0 atom stereocenters. The van der Waals surface area contributed by atoms with Gasteiger partial charge in [-0.05, 0) is 38.6 Å². The van der Waals surface area contributed by atoms with Crippen molar-refractivity contribution in [2.45, 2.75) is 24.8 Å². The first-order chi connectivity index (χ1) is 8.47. The molecule has 1 aromatic carbocycles. The van der Waals surface area contributed by atoms with Crippen LogP contribution in [0.25, 0.3) is 0 Å². The number of halogens is 1. The number of nitrogens with one attached hydrogen (secondary N) is 1. The summed E-state index contributed by atoms with van der Waals surface area (Å²) in [6.07, 6.45) is 0. The van der Waals surface area contributed by atoms with Gasteiger partial charge in [-0.1, -0.05) is 17.7 Å². The van der Waals surface area contributed by atoms with Gasteiger partial charge < -0.3 is 14.8 Å². The van der Waals surface area contributed by atoms with Crippen molar-refractivity contribution in [3.63, 3.8) is 0 Å². The predicted octanol–water partition coefficient (Wildman–Crippen LogP) is 2.61. The monoisotopic (exact) mass is 269 g/mol. The lowest BCUT2D eigenvalue weighted by Crippen LogP contribution is -2.65. The topological polar surface area (TPSA) is 30.5 Å². The van der Waals surface area contributed by atoms with Gasteiger partial charge in [0.25, 0.3) is 0 Å². The van der Waals surface area contributed by atoms with E-state index in [2.05, 4.69) is 25.2 Å². The second-order valence-electron chi connectivity index (χ2n) is 5.30. The fraction of sp³-hybridized carbons (Fsp3) is 0.571. The molecule has 4 heteroatoms. The van der Waals surface area contributed by atoms with Gasteiger partial charge in [0.1, 0.15) is 5.75 Å². The van der Waals surface area contributed by atoms with Gasteiger partial charge in [0.15, 0.2) is 0 Å². The van der Waals surface area contributed by atoms with E-state index in [-0.39, 0.29) is 11.0 Å². The van der Waals surface area contributed by atoms with E-state index in [1.54, 1.807) is 7.11 Å². The second kappa shape index (κ2) is 4.72. The minimum absolute atomic E-state index is 0.0301. The summed E-state index contributed by atoms with van der Waals surface area (Å²) < 4.78 is 10.7. The van der Waals surface area contributed by atoms with Crippen molar-refractivity contribution in [3.8, 4) is 5.75 Å². The Balaban J connectivity index is 2.43. The summed E-state index contributed by atoms with van der Waals surface area (Å²) in [7, 11) is 3.60. The maximum absolute atomic E-state index is 6.22. The molecular formula is C14H20ClNO2. The van der Waals surface area contributed by atoms with E-state index in [0.29, 0.717) is 24.0 Å². The molecule has 0 bridgehead atoms. The lowest BCUT2D eigenvalue weighted by Gasteiger charge is -2.52. The molecule has 0 amide bonds. The molecule has 100 valence electrons. The molecule has 0 radical (unpaired) electrons. The lowest BCUT2D eigenvalue weighted by molar-refractivity contribution is -0.0991. The highest BCUT2D eigenvalue weighted by molar-refractivity contribution is 6.32. The molecular weight excluding hydrogens is 250 g/mol. The van der Waals surface area contributed by atoms with Crippen molar-refractivity contribution in [2.24, 2.45) is 0 Å². The molecule has 1 aliphatic rings. The number of hydrogen-bond donors (Lipinski definition) is 1. The molecule has 0 aliphatic carbocycles. The third kappa shape index (κ3) is 1.91. The van der Waals surface area contributed by atoms with Gasteiger partial charge in [-0.2, -0.15) is 0 Å². The van der Waals surface area contributed by atoms with E-state index >= 15 is 0 Å². The SMILES string of the molecule is CNC(C)(C)C1(c2ccc(OC)c(Cl)c2)COC1.